The summed E-state index contributed by atoms with van der Waals surface area (Å²) in [6.45, 7) is 1.61. The van der Waals surface area contributed by atoms with Crippen LogP contribution in [0, 0.1) is 18.3 Å². The van der Waals surface area contributed by atoms with Crippen molar-refractivity contribution in [3.05, 3.63) is 35.9 Å². The third-order valence-electron chi connectivity index (χ3n) is 2.20. The number of aryl methyl sites for hydroxylation is 1. The van der Waals surface area contributed by atoms with Crippen LogP contribution in [-0.2, 0) is 0 Å². The number of hydrogen-bond acceptors (Lipinski definition) is 5. The highest BCUT2D eigenvalue weighted by Crippen LogP contribution is 2.23. The number of ether oxygens (including phenoxy) is 1. The zero-order chi connectivity index (χ0) is 14.8. The molecule has 0 saturated heterocycles. The summed E-state index contributed by atoms with van der Waals surface area (Å²) >= 11 is 0. The Morgan fingerprint density at radius 3 is 2.55 bits per heavy atom. The van der Waals surface area contributed by atoms with Crippen molar-refractivity contribution in [2.75, 3.05) is 0 Å². The highest BCUT2D eigenvalue weighted by atomic mass is 19.4. The Kier molecular flexibility index (Phi) is 3.52. The van der Waals surface area contributed by atoms with Crippen LogP contribution in [0.3, 0.4) is 0 Å². The number of aromatic nitrogens is 3. The fourth-order valence-electron chi connectivity index (χ4n) is 1.48. The Bertz CT molecular complexity index is 662. The standard InChI is InChI=1S/C12H7F3N4O/c1-7-18-9(5-16)4-10(19-7)8-2-3-11(17-6-8)20-12(13,14)15/h2-4,6H,1H3. The van der Waals surface area contributed by atoms with Crippen LogP contribution in [0.5, 0.6) is 5.88 Å². The van der Waals surface area contributed by atoms with Crippen LogP contribution in [-0.4, -0.2) is 21.3 Å². The second kappa shape index (κ2) is 5.13. The Morgan fingerprint density at radius 2 is 2.00 bits per heavy atom. The quantitative estimate of drug-likeness (QED) is 0.845. The maximum atomic E-state index is 12.0. The van der Waals surface area contributed by atoms with E-state index in [1.165, 1.54) is 18.3 Å². The molecule has 0 aliphatic heterocycles. The lowest BCUT2D eigenvalue weighted by Crippen LogP contribution is -2.17. The molecule has 0 aliphatic carbocycles. The first-order valence-electron chi connectivity index (χ1n) is 5.35. The zero-order valence-electron chi connectivity index (χ0n) is 10.1. The second-order valence-corrected chi connectivity index (χ2v) is 3.73. The smallest absolute Gasteiger partial charge is 0.388 e. The van der Waals surface area contributed by atoms with Gasteiger partial charge >= 0.3 is 6.36 Å². The van der Waals surface area contributed by atoms with Crippen molar-refractivity contribution in [2.45, 2.75) is 13.3 Å². The van der Waals surface area contributed by atoms with Gasteiger partial charge in [0.15, 0.2) is 0 Å². The SMILES string of the molecule is Cc1nc(C#N)cc(-c2ccc(OC(F)(F)F)nc2)n1. The number of alkyl halides is 3. The number of halogens is 3. The van der Waals surface area contributed by atoms with Gasteiger partial charge in [0, 0.05) is 23.9 Å². The third kappa shape index (κ3) is 3.41. The lowest BCUT2D eigenvalue weighted by atomic mass is 10.2. The molecule has 102 valence electrons. The molecule has 20 heavy (non-hydrogen) atoms. The fourth-order valence-corrected chi connectivity index (χ4v) is 1.48. The summed E-state index contributed by atoms with van der Waals surface area (Å²) in [7, 11) is 0. The lowest BCUT2D eigenvalue weighted by Gasteiger charge is -2.08. The molecule has 0 fully saturated rings. The van der Waals surface area contributed by atoms with E-state index in [9.17, 15) is 13.2 Å². The molecule has 2 heterocycles. The molecule has 0 radical (unpaired) electrons. The Balaban J connectivity index is 2.31. The molecule has 0 amide bonds. The van der Waals surface area contributed by atoms with Crippen LogP contribution in [0.4, 0.5) is 13.2 Å². The van der Waals surface area contributed by atoms with Gasteiger partial charge in [0.1, 0.15) is 17.6 Å². The van der Waals surface area contributed by atoms with E-state index < -0.39 is 12.2 Å². The molecule has 2 aromatic heterocycles. The average Bonchev–Trinajstić information content (AvgIpc) is 2.37. The van der Waals surface area contributed by atoms with Gasteiger partial charge in [-0.15, -0.1) is 13.2 Å². The molecular formula is C12H7F3N4O. The number of nitrogens with zero attached hydrogens (tertiary/aromatic N) is 4. The van der Waals surface area contributed by atoms with E-state index in [0.717, 1.165) is 6.07 Å². The molecule has 0 unspecified atom stereocenters. The van der Waals surface area contributed by atoms with Gasteiger partial charge in [-0.05, 0) is 13.0 Å². The lowest BCUT2D eigenvalue weighted by molar-refractivity contribution is -0.276. The summed E-state index contributed by atoms with van der Waals surface area (Å²) in [6.07, 6.45) is -3.60. The van der Waals surface area contributed by atoms with E-state index in [2.05, 4.69) is 19.7 Å². The van der Waals surface area contributed by atoms with Crippen molar-refractivity contribution in [1.82, 2.24) is 15.0 Å². The molecule has 8 heteroatoms. The van der Waals surface area contributed by atoms with Crippen LogP contribution in [0.15, 0.2) is 24.4 Å². The summed E-state index contributed by atoms with van der Waals surface area (Å²) in [5.74, 6) is -0.179. The summed E-state index contributed by atoms with van der Waals surface area (Å²) in [5.41, 5.74) is 1.03. The van der Waals surface area contributed by atoms with Gasteiger partial charge in [-0.2, -0.15) is 5.26 Å². The zero-order valence-corrected chi connectivity index (χ0v) is 10.1. The van der Waals surface area contributed by atoms with Crippen molar-refractivity contribution in [2.24, 2.45) is 0 Å². The summed E-state index contributed by atoms with van der Waals surface area (Å²) in [6, 6.07) is 5.75. The van der Waals surface area contributed by atoms with Crippen molar-refractivity contribution >= 4 is 0 Å². The number of rotatable bonds is 2. The third-order valence-corrected chi connectivity index (χ3v) is 2.20. The molecule has 0 aromatic carbocycles. The topological polar surface area (TPSA) is 71.7 Å². The van der Waals surface area contributed by atoms with Gasteiger partial charge in [-0.3, -0.25) is 0 Å². The maximum Gasteiger partial charge on any atom is 0.574 e. The van der Waals surface area contributed by atoms with Crippen molar-refractivity contribution < 1.29 is 17.9 Å². The Hall–Kier alpha value is -2.69. The van der Waals surface area contributed by atoms with E-state index in [0.29, 0.717) is 17.1 Å². The first kappa shape index (κ1) is 13.7. The predicted octanol–water partition coefficient (Wildman–Crippen LogP) is 2.62. The van der Waals surface area contributed by atoms with E-state index in [1.807, 2.05) is 6.07 Å². The van der Waals surface area contributed by atoms with Crippen LogP contribution >= 0.6 is 0 Å². The number of nitriles is 1. The maximum absolute atomic E-state index is 12.0. The van der Waals surface area contributed by atoms with Gasteiger partial charge in [0.25, 0.3) is 0 Å². The molecular weight excluding hydrogens is 273 g/mol. The molecule has 2 aromatic rings. The van der Waals surface area contributed by atoms with Gasteiger partial charge in [0.2, 0.25) is 5.88 Å². The van der Waals surface area contributed by atoms with Crippen molar-refractivity contribution in [3.8, 4) is 23.2 Å². The van der Waals surface area contributed by atoms with Crippen LogP contribution in [0.2, 0.25) is 0 Å². The first-order chi connectivity index (χ1) is 9.37. The molecule has 0 bridgehead atoms. The minimum atomic E-state index is -4.78. The molecule has 0 spiro atoms. The van der Waals surface area contributed by atoms with Gasteiger partial charge in [0.05, 0.1) is 5.69 Å². The molecule has 2 rings (SSSR count). The Labute approximate surface area is 111 Å². The summed E-state index contributed by atoms with van der Waals surface area (Å²) < 4.78 is 39.7. The van der Waals surface area contributed by atoms with E-state index in [1.54, 1.807) is 6.92 Å². The van der Waals surface area contributed by atoms with Gasteiger partial charge in [-0.25, -0.2) is 15.0 Å². The highest BCUT2D eigenvalue weighted by molar-refractivity contribution is 5.59. The normalized spacial score (nSPS) is 10.9. The number of hydrogen-bond donors (Lipinski definition) is 0. The minimum absolute atomic E-state index is 0.170. The minimum Gasteiger partial charge on any atom is -0.388 e. The summed E-state index contributed by atoms with van der Waals surface area (Å²) in [5, 5.41) is 8.80. The summed E-state index contributed by atoms with van der Waals surface area (Å²) in [4.78, 5) is 11.5. The first-order valence-corrected chi connectivity index (χ1v) is 5.35. The molecule has 0 atom stereocenters. The van der Waals surface area contributed by atoms with E-state index in [-0.39, 0.29) is 5.69 Å². The van der Waals surface area contributed by atoms with E-state index in [4.69, 9.17) is 5.26 Å². The molecule has 5 nitrogen and oxygen atoms in total. The van der Waals surface area contributed by atoms with Gasteiger partial charge in [-0.1, -0.05) is 0 Å². The second-order valence-electron chi connectivity index (χ2n) is 3.73. The monoisotopic (exact) mass is 280 g/mol. The largest absolute Gasteiger partial charge is 0.574 e. The Morgan fingerprint density at radius 1 is 1.25 bits per heavy atom. The average molecular weight is 280 g/mol. The fraction of sp³-hybridized carbons (Fsp3) is 0.167. The van der Waals surface area contributed by atoms with Crippen molar-refractivity contribution in [3.63, 3.8) is 0 Å². The predicted molar refractivity (Wildman–Crippen MR) is 61.4 cm³/mol. The van der Waals surface area contributed by atoms with Crippen LogP contribution in [0.25, 0.3) is 11.3 Å². The molecule has 0 N–H and O–H groups in total. The highest BCUT2D eigenvalue weighted by Gasteiger charge is 2.31. The number of pyridine rings is 1. The van der Waals surface area contributed by atoms with E-state index >= 15 is 0 Å². The van der Waals surface area contributed by atoms with Crippen molar-refractivity contribution in [1.29, 1.82) is 5.26 Å². The van der Waals surface area contributed by atoms with Gasteiger partial charge < -0.3 is 4.74 Å². The van der Waals surface area contributed by atoms with Crippen LogP contribution < -0.4 is 4.74 Å². The van der Waals surface area contributed by atoms with Crippen LogP contribution in [0.1, 0.15) is 11.5 Å². The molecule has 0 aliphatic rings. The molecule has 0 saturated carbocycles.